The summed E-state index contributed by atoms with van der Waals surface area (Å²) in [5, 5.41) is 3.83. The molecule has 1 aliphatic carbocycles. The van der Waals surface area contributed by atoms with E-state index in [-0.39, 0.29) is 0 Å². The second-order valence-corrected chi connectivity index (χ2v) is 6.89. The van der Waals surface area contributed by atoms with Crippen LogP contribution in [0, 0.1) is 5.92 Å². The lowest BCUT2D eigenvalue weighted by Crippen LogP contribution is -2.51. The molecule has 1 aromatic carbocycles. The standard InChI is InChI=1S/C19H30N2/c1-3-11-20-18-10-9-15(4-2)12-19(18)21-13-16-7-5-6-8-17(16)14-21/h5-8,15,18-20H,3-4,9-14H2,1-2H3. The zero-order valence-electron chi connectivity index (χ0n) is 13.6. The van der Waals surface area contributed by atoms with E-state index in [0.29, 0.717) is 6.04 Å². The topological polar surface area (TPSA) is 15.3 Å². The first-order valence-electron chi connectivity index (χ1n) is 8.86. The molecule has 1 aliphatic heterocycles. The van der Waals surface area contributed by atoms with E-state index in [4.69, 9.17) is 0 Å². The molecule has 3 atom stereocenters. The Morgan fingerprint density at radius 2 is 1.81 bits per heavy atom. The van der Waals surface area contributed by atoms with Gasteiger partial charge in [-0.05, 0) is 49.3 Å². The average Bonchev–Trinajstić information content (AvgIpc) is 2.96. The minimum atomic E-state index is 0.696. The summed E-state index contributed by atoms with van der Waals surface area (Å²) < 4.78 is 0. The fourth-order valence-corrected chi connectivity index (χ4v) is 4.17. The Morgan fingerprint density at radius 3 is 2.43 bits per heavy atom. The molecule has 21 heavy (non-hydrogen) atoms. The van der Waals surface area contributed by atoms with Crippen molar-refractivity contribution in [3.63, 3.8) is 0 Å². The van der Waals surface area contributed by atoms with Gasteiger partial charge in [-0.15, -0.1) is 0 Å². The number of hydrogen-bond acceptors (Lipinski definition) is 2. The van der Waals surface area contributed by atoms with Crippen molar-refractivity contribution in [2.75, 3.05) is 6.54 Å². The maximum Gasteiger partial charge on any atom is 0.0259 e. The van der Waals surface area contributed by atoms with Crippen molar-refractivity contribution >= 4 is 0 Å². The Labute approximate surface area is 129 Å². The highest BCUT2D eigenvalue weighted by Gasteiger charge is 2.35. The molecular weight excluding hydrogens is 256 g/mol. The number of benzene rings is 1. The molecule has 3 rings (SSSR count). The van der Waals surface area contributed by atoms with Gasteiger partial charge in [0.15, 0.2) is 0 Å². The smallest absolute Gasteiger partial charge is 0.0259 e. The Hall–Kier alpha value is -0.860. The molecule has 2 aliphatic rings. The minimum absolute atomic E-state index is 0.696. The third kappa shape index (κ3) is 3.32. The molecule has 0 spiro atoms. The van der Waals surface area contributed by atoms with E-state index in [1.165, 1.54) is 38.6 Å². The predicted molar refractivity (Wildman–Crippen MR) is 89.2 cm³/mol. The summed E-state index contributed by atoms with van der Waals surface area (Å²) in [7, 11) is 0. The van der Waals surface area contributed by atoms with Gasteiger partial charge in [0.25, 0.3) is 0 Å². The van der Waals surface area contributed by atoms with Gasteiger partial charge in [-0.25, -0.2) is 0 Å². The predicted octanol–water partition coefficient (Wildman–Crippen LogP) is 3.95. The molecule has 2 nitrogen and oxygen atoms in total. The molecule has 1 fully saturated rings. The number of nitrogens with one attached hydrogen (secondary N) is 1. The second kappa shape index (κ2) is 6.93. The number of rotatable bonds is 5. The van der Waals surface area contributed by atoms with Gasteiger partial charge in [0.05, 0.1) is 0 Å². The lowest BCUT2D eigenvalue weighted by molar-refractivity contribution is 0.0934. The van der Waals surface area contributed by atoms with Crippen molar-refractivity contribution < 1.29 is 0 Å². The van der Waals surface area contributed by atoms with Crippen LogP contribution in [0.25, 0.3) is 0 Å². The van der Waals surface area contributed by atoms with Crippen LogP contribution in [0.2, 0.25) is 0 Å². The van der Waals surface area contributed by atoms with E-state index >= 15 is 0 Å². The Kier molecular flexibility index (Phi) is 4.97. The van der Waals surface area contributed by atoms with E-state index in [1.54, 1.807) is 11.1 Å². The first kappa shape index (κ1) is 15.1. The van der Waals surface area contributed by atoms with E-state index in [1.807, 2.05) is 0 Å². The molecule has 0 radical (unpaired) electrons. The summed E-state index contributed by atoms with van der Waals surface area (Å²) in [6.07, 6.45) is 6.73. The van der Waals surface area contributed by atoms with Crippen LogP contribution in [0.4, 0.5) is 0 Å². The molecule has 0 bridgehead atoms. The molecule has 0 amide bonds. The summed E-state index contributed by atoms with van der Waals surface area (Å²) in [6, 6.07) is 10.4. The van der Waals surface area contributed by atoms with Crippen LogP contribution in [0.1, 0.15) is 57.1 Å². The van der Waals surface area contributed by atoms with E-state index in [2.05, 4.69) is 48.3 Å². The second-order valence-electron chi connectivity index (χ2n) is 6.89. The molecule has 2 heteroatoms. The molecule has 1 aromatic rings. The van der Waals surface area contributed by atoms with Crippen molar-refractivity contribution in [3.05, 3.63) is 35.4 Å². The first-order chi connectivity index (χ1) is 10.3. The highest BCUT2D eigenvalue weighted by atomic mass is 15.2. The summed E-state index contributed by atoms with van der Waals surface area (Å²) in [5.74, 6) is 0.929. The molecule has 1 heterocycles. The van der Waals surface area contributed by atoms with Gasteiger partial charge >= 0.3 is 0 Å². The van der Waals surface area contributed by atoms with E-state index < -0.39 is 0 Å². The van der Waals surface area contributed by atoms with Crippen molar-refractivity contribution in [1.82, 2.24) is 10.2 Å². The Balaban J connectivity index is 1.70. The van der Waals surface area contributed by atoms with Gasteiger partial charge < -0.3 is 5.32 Å². The highest BCUT2D eigenvalue weighted by Crippen LogP contribution is 2.34. The fraction of sp³-hybridized carbons (Fsp3) is 0.684. The molecule has 0 saturated heterocycles. The highest BCUT2D eigenvalue weighted by molar-refractivity contribution is 5.30. The lowest BCUT2D eigenvalue weighted by atomic mass is 9.80. The van der Waals surface area contributed by atoms with E-state index in [0.717, 1.165) is 25.0 Å². The van der Waals surface area contributed by atoms with Gasteiger partial charge in [0.2, 0.25) is 0 Å². The monoisotopic (exact) mass is 286 g/mol. The molecular formula is C19H30N2. The van der Waals surface area contributed by atoms with Crippen LogP contribution < -0.4 is 5.32 Å². The Morgan fingerprint density at radius 1 is 1.10 bits per heavy atom. The van der Waals surface area contributed by atoms with Crippen molar-refractivity contribution in [3.8, 4) is 0 Å². The minimum Gasteiger partial charge on any atom is -0.312 e. The third-order valence-corrected chi connectivity index (χ3v) is 5.49. The van der Waals surface area contributed by atoms with Crippen molar-refractivity contribution in [2.24, 2.45) is 5.92 Å². The first-order valence-corrected chi connectivity index (χ1v) is 8.86. The van der Waals surface area contributed by atoms with Crippen LogP contribution in [-0.4, -0.2) is 23.5 Å². The van der Waals surface area contributed by atoms with Crippen LogP contribution in [0.3, 0.4) is 0 Å². The number of hydrogen-bond donors (Lipinski definition) is 1. The fourth-order valence-electron chi connectivity index (χ4n) is 4.17. The van der Waals surface area contributed by atoms with Crippen LogP contribution in [-0.2, 0) is 13.1 Å². The summed E-state index contributed by atoms with van der Waals surface area (Å²) in [5.41, 5.74) is 3.09. The van der Waals surface area contributed by atoms with Crippen LogP contribution in [0.15, 0.2) is 24.3 Å². The average molecular weight is 286 g/mol. The molecule has 0 aromatic heterocycles. The zero-order chi connectivity index (χ0) is 14.7. The molecule has 1 N–H and O–H groups in total. The Bertz CT molecular complexity index is 432. The normalized spacial score (nSPS) is 29.5. The quantitative estimate of drug-likeness (QED) is 0.881. The van der Waals surface area contributed by atoms with Gasteiger partial charge in [-0.2, -0.15) is 0 Å². The van der Waals surface area contributed by atoms with Gasteiger partial charge in [0.1, 0.15) is 0 Å². The van der Waals surface area contributed by atoms with Gasteiger partial charge in [-0.1, -0.05) is 44.5 Å². The summed E-state index contributed by atoms with van der Waals surface area (Å²) in [6.45, 7) is 8.10. The lowest BCUT2D eigenvalue weighted by Gasteiger charge is -2.41. The molecule has 1 saturated carbocycles. The summed E-state index contributed by atoms with van der Waals surface area (Å²) >= 11 is 0. The zero-order valence-corrected chi connectivity index (χ0v) is 13.6. The van der Waals surface area contributed by atoms with Crippen molar-refractivity contribution in [2.45, 2.75) is 71.1 Å². The molecule has 116 valence electrons. The number of fused-ring (bicyclic) bond motifs is 1. The van der Waals surface area contributed by atoms with Crippen LogP contribution >= 0.6 is 0 Å². The number of nitrogens with zero attached hydrogens (tertiary/aromatic N) is 1. The van der Waals surface area contributed by atoms with E-state index in [9.17, 15) is 0 Å². The van der Waals surface area contributed by atoms with Crippen molar-refractivity contribution in [1.29, 1.82) is 0 Å². The van der Waals surface area contributed by atoms with Gasteiger partial charge in [-0.3, -0.25) is 4.90 Å². The molecule has 3 unspecified atom stereocenters. The summed E-state index contributed by atoms with van der Waals surface area (Å²) in [4.78, 5) is 2.74. The largest absolute Gasteiger partial charge is 0.312 e. The van der Waals surface area contributed by atoms with Crippen LogP contribution in [0.5, 0.6) is 0 Å². The maximum atomic E-state index is 3.83. The SMILES string of the molecule is CCCNC1CCC(CC)CC1N1Cc2ccccc2C1. The third-order valence-electron chi connectivity index (χ3n) is 5.49. The maximum absolute atomic E-state index is 3.83. The van der Waals surface area contributed by atoms with Gasteiger partial charge in [0, 0.05) is 25.2 Å².